The summed E-state index contributed by atoms with van der Waals surface area (Å²) in [6.45, 7) is 29.1. The van der Waals surface area contributed by atoms with Crippen molar-refractivity contribution in [2.45, 2.75) is 452 Å². The SMILES string of the molecule is CCCCCCCCCCCCc1cc2c3c4cc(CCCCCCCCCCCC)c(CCCCCCCCCCCC)cc4c(c2cc1CCCCCCCCCCCC)-c1c2cc(B4OC(C)(C)C(C)(C)O4)cc1OCCCCCCCOc1cc(B4OC(C)(C)C(C)(C)O4)cc(c1-3)OCCCCCCCO2. The van der Waals surface area contributed by atoms with Crippen LogP contribution in [-0.4, -0.2) is 63.1 Å². The van der Waals surface area contributed by atoms with Crippen LogP contribution >= 0.6 is 0 Å². The number of ether oxygens (including phenoxy) is 4. The minimum absolute atomic E-state index is 0.534. The van der Waals surface area contributed by atoms with Crippen LogP contribution in [0.5, 0.6) is 23.0 Å². The molecule has 0 aromatic heterocycles. The quantitative estimate of drug-likeness (QED) is 0.0217. The number of benzene rings is 5. The molecule has 4 aliphatic heterocycles. The van der Waals surface area contributed by atoms with Gasteiger partial charge in [0.2, 0.25) is 0 Å². The molecule has 4 heterocycles. The third-order valence-electron chi connectivity index (χ3n) is 26.3. The molecule has 614 valence electrons. The molecule has 0 N–H and O–H groups in total. The largest absolute Gasteiger partial charge is 0.495 e. The first-order valence-electron chi connectivity index (χ1n) is 47.2. The topological polar surface area (TPSA) is 73.8 Å². The molecule has 9 rings (SSSR count). The van der Waals surface area contributed by atoms with Crippen LogP contribution in [0.3, 0.4) is 0 Å². The normalized spacial score (nSPS) is 17.3. The lowest BCUT2D eigenvalue weighted by molar-refractivity contribution is 0.00578. The molecular weight excluding hydrogens is 1350 g/mol. The Kier molecular flexibility index (Phi) is 38.9. The summed E-state index contributed by atoms with van der Waals surface area (Å²) >= 11 is 0. The highest BCUT2D eigenvalue weighted by Crippen LogP contribution is 2.55. The molecule has 2 saturated heterocycles. The Morgan fingerprint density at radius 1 is 0.227 bits per heavy atom. The molecule has 0 saturated carbocycles. The Hall–Kier alpha value is -4.21. The van der Waals surface area contributed by atoms with Crippen molar-refractivity contribution in [3.8, 4) is 45.3 Å². The predicted molar refractivity (Wildman–Crippen MR) is 474 cm³/mol. The summed E-state index contributed by atoms with van der Waals surface area (Å²) in [5, 5.41) is 5.03. The van der Waals surface area contributed by atoms with Gasteiger partial charge in [-0.1, -0.05) is 322 Å². The van der Waals surface area contributed by atoms with Gasteiger partial charge in [0.05, 0.1) is 60.0 Å². The lowest BCUT2D eigenvalue weighted by Gasteiger charge is -2.32. The van der Waals surface area contributed by atoms with Gasteiger partial charge in [-0.25, -0.2) is 0 Å². The van der Waals surface area contributed by atoms with Crippen molar-refractivity contribution in [2.24, 2.45) is 0 Å². The minimum atomic E-state index is -0.600. The number of rotatable bonds is 46. The third-order valence-corrected chi connectivity index (χ3v) is 26.3. The van der Waals surface area contributed by atoms with Crippen LogP contribution in [0.15, 0.2) is 48.5 Å². The van der Waals surface area contributed by atoms with Crippen molar-refractivity contribution in [3.05, 3.63) is 70.8 Å². The fourth-order valence-electron chi connectivity index (χ4n) is 17.8. The van der Waals surface area contributed by atoms with Crippen LogP contribution in [0, 0.1) is 0 Å². The molecule has 0 radical (unpaired) electrons. The van der Waals surface area contributed by atoms with Gasteiger partial charge in [0.1, 0.15) is 23.0 Å². The first-order chi connectivity index (χ1) is 53.5. The van der Waals surface area contributed by atoms with Gasteiger partial charge in [-0.05, 0) is 211 Å². The first kappa shape index (κ1) is 89.7. The van der Waals surface area contributed by atoms with Crippen LogP contribution in [-0.2, 0) is 44.3 Å². The average molecular weight is 1510 g/mol. The molecule has 110 heavy (non-hydrogen) atoms. The van der Waals surface area contributed by atoms with Gasteiger partial charge in [0, 0.05) is 11.1 Å². The standard InChI is InChI=1S/C100H160B2O8/c1-13-17-21-25-29-33-37-41-47-55-63-79-71-85-86(72-80(79)64-56-48-42-38-34-30-26-22-18-14-2)94-88-74-82(66-58-50-44-40-36-32-28-24-20-16-4)81(65-57-49-43-39-35-31-27-23-19-15-3)73-87(88)93(85)95-89-75-83(101-107-97(5,6)98(7,8)108-101)76-90(95)104-68-60-52-46-54-62-70-106-92-78-84(102-109-99(9,10)100(11,12)110-102)77-91(96(92)94)105-69-61-53-45-51-59-67-103-89/h71-78H,13-70H2,1-12H3. The zero-order valence-electron chi connectivity index (χ0n) is 73.1. The lowest BCUT2D eigenvalue weighted by Crippen LogP contribution is -2.41. The number of unbranched alkanes of at least 4 members (excludes halogenated alkanes) is 36. The molecule has 5 aromatic rings. The summed E-state index contributed by atoms with van der Waals surface area (Å²) in [6.07, 6.45) is 67.1. The molecule has 0 unspecified atom stereocenters. The predicted octanol–water partition coefficient (Wildman–Crippen LogP) is 29.2. The smallest absolute Gasteiger partial charge is 0.493 e. The van der Waals surface area contributed by atoms with Crippen molar-refractivity contribution in [1.82, 2.24) is 0 Å². The zero-order chi connectivity index (χ0) is 77.9. The molecule has 4 bridgehead atoms. The molecule has 8 nitrogen and oxygen atoms in total. The molecular formula is C100H160B2O8. The average Bonchev–Trinajstić information content (AvgIpc) is 0.733. The Labute approximate surface area is 675 Å². The highest BCUT2D eigenvalue weighted by Gasteiger charge is 2.53. The van der Waals surface area contributed by atoms with E-state index in [1.807, 2.05) is 0 Å². The van der Waals surface area contributed by atoms with Crippen molar-refractivity contribution < 1.29 is 37.6 Å². The molecule has 5 aromatic carbocycles. The second-order valence-corrected chi connectivity index (χ2v) is 36.7. The van der Waals surface area contributed by atoms with Crippen molar-refractivity contribution in [3.63, 3.8) is 0 Å². The summed E-state index contributed by atoms with van der Waals surface area (Å²) in [5.41, 5.74) is 10.3. The maximum atomic E-state index is 7.61. The second kappa shape index (κ2) is 47.7. The van der Waals surface area contributed by atoms with Gasteiger partial charge >= 0.3 is 14.2 Å². The van der Waals surface area contributed by atoms with Crippen molar-refractivity contribution in [1.29, 1.82) is 0 Å². The molecule has 0 atom stereocenters. The van der Waals surface area contributed by atoms with Gasteiger partial charge in [0.15, 0.2) is 0 Å². The molecule has 0 amide bonds. The fraction of sp³-hybridized carbons (Fsp3) is 0.740. The molecule has 0 aliphatic carbocycles. The molecule has 10 heteroatoms. The maximum Gasteiger partial charge on any atom is 0.495 e. The Bertz CT molecular complexity index is 3030. The number of hydrogen-bond donors (Lipinski definition) is 0. The Balaban J connectivity index is 1.35. The molecule has 2 fully saturated rings. The van der Waals surface area contributed by atoms with Crippen molar-refractivity contribution in [2.75, 3.05) is 26.4 Å². The van der Waals surface area contributed by atoms with E-state index >= 15 is 0 Å². The van der Waals surface area contributed by atoms with Crippen LogP contribution < -0.4 is 29.9 Å². The van der Waals surface area contributed by atoms with E-state index in [0.29, 0.717) is 26.4 Å². The summed E-state index contributed by atoms with van der Waals surface area (Å²) in [7, 11) is -1.20. The van der Waals surface area contributed by atoms with Crippen molar-refractivity contribution >= 4 is 46.7 Å². The second-order valence-electron chi connectivity index (χ2n) is 36.7. The van der Waals surface area contributed by atoms with Gasteiger partial charge in [-0.3, -0.25) is 0 Å². The van der Waals surface area contributed by atoms with E-state index in [0.717, 1.165) is 135 Å². The molecule has 4 aliphatic rings. The van der Waals surface area contributed by atoms with Crippen LogP contribution in [0.4, 0.5) is 0 Å². The summed E-state index contributed by atoms with van der Waals surface area (Å²) in [5.74, 6) is 3.45. The monoisotopic (exact) mass is 1510 g/mol. The van der Waals surface area contributed by atoms with Crippen LogP contribution in [0.2, 0.25) is 0 Å². The summed E-state index contributed by atoms with van der Waals surface area (Å²) in [6, 6.07) is 20.2. The van der Waals surface area contributed by atoms with E-state index in [1.54, 1.807) is 0 Å². The van der Waals surface area contributed by atoms with Gasteiger partial charge in [0.25, 0.3) is 0 Å². The third kappa shape index (κ3) is 26.9. The number of hydrogen-bond acceptors (Lipinski definition) is 8. The van der Waals surface area contributed by atoms with E-state index in [2.05, 4.69) is 132 Å². The van der Waals surface area contributed by atoms with E-state index in [9.17, 15) is 0 Å². The number of aryl methyl sites for hydroxylation is 4. The Morgan fingerprint density at radius 3 is 0.609 bits per heavy atom. The van der Waals surface area contributed by atoms with E-state index in [-0.39, 0.29) is 0 Å². The van der Waals surface area contributed by atoms with E-state index in [1.165, 1.54) is 312 Å². The van der Waals surface area contributed by atoms with E-state index < -0.39 is 36.6 Å². The van der Waals surface area contributed by atoms with Gasteiger partial charge in [-0.15, -0.1) is 0 Å². The van der Waals surface area contributed by atoms with Gasteiger partial charge < -0.3 is 37.6 Å². The first-order valence-corrected chi connectivity index (χ1v) is 47.2. The Morgan fingerprint density at radius 2 is 0.409 bits per heavy atom. The maximum absolute atomic E-state index is 7.61. The summed E-state index contributed by atoms with van der Waals surface area (Å²) < 4.78 is 58.7. The molecule has 0 spiro atoms. The lowest BCUT2D eigenvalue weighted by atomic mass is 9.75. The van der Waals surface area contributed by atoms with Crippen LogP contribution in [0.1, 0.15) is 426 Å². The highest BCUT2D eigenvalue weighted by molar-refractivity contribution is 6.63. The zero-order valence-corrected chi connectivity index (χ0v) is 73.1. The summed E-state index contributed by atoms with van der Waals surface area (Å²) in [4.78, 5) is 0. The fourth-order valence-corrected chi connectivity index (χ4v) is 17.8. The highest BCUT2D eigenvalue weighted by atomic mass is 16.7. The minimum Gasteiger partial charge on any atom is -0.493 e. The van der Waals surface area contributed by atoms with Gasteiger partial charge in [-0.2, -0.15) is 0 Å². The van der Waals surface area contributed by atoms with E-state index in [4.69, 9.17) is 37.6 Å². The van der Waals surface area contributed by atoms with Crippen LogP contribution in [0.25, 0.3) is 43.8 Å².